The van der Waals surface area contributed by atoms with E-state index in [1.54, 1.807) is 12.0 Å². The molecule has 1 fully saturated rings. The summed E-state index contributed by atoms with van der Waals surface area (Å²) in [5.41, 5.74) is 4.21. The van der Waals surface area contributed by atoms with Crippen molar-refractivity contribution in [2.75, 3.05) is 18.6 Å². The molecule has 1 saturated heterocycles. The van der Waals surface area contributed by atoms with Crippen molar-refractivity contribution < 1.29 is 14.3 Å². The van der Waals surface area contributed by atoms with E-state index in [0.29, 0.717) is 22.2 Å². The first kappa shape index (κ1) is 23.8. The number of carbonyl (C=O) groups is 1. The number of nitrogens with zero attached hydrogens (tertiary/aromatic N) is 3. The van der Waals surface area contributed by atoms with Gasteiger partial charge in [-0.15, -0.1) is 0 Å². The number of ether oxygens (including phenoxy) is 2. The van der Waals surface area contributed by atoms with Crippen molar-refractivity contribution in [2.45, 2.75) is 6.92 Å². The van der Waals surface area contributed by atoms with Crippen molar-refractivity contribution >= 4 is 46.0 Å². The third-order valence-electron chi connectivity index (χ3n) is 5.61. The summed E-state index contributed by atoms with van der Waals surface area (Å²) in [5.74, 6) is 1.52. The highest BCUT2D eigenvalue weighted by Crippen LogP contribution is 2.38. The fraction of sp³-hybridized carbons (Fsp3) is 0.107. The monoisotopic (exact) mass is 513 g/mol. The molecule has 0 spiro atoms. The molecule has 2 heterocycles. The number of benzene rings is 3. The Morgan fingerprint density at radius 2 is 1.64 bits per heavy atom. The van der Waals surface area contributed by atoms with Crippen LogP contribution >= 0.6 is 24.0 Å². The van der Waals surface area contributed by atoms with Gasteiger partial charge in [0.05, 0.1) is 35.7 Å². The highest BCUT2D eigenvalue weighted by molar-refractivity contribution is 8.20. The summed E-state index contributed by atoms with van der Waals surface area (Å²) in [6, 6.07) is 25.0. The predicted octanol–water partition coefficient (Wildman–Crippen LogP) is 6.99. The zero-order chi connectivity index (χ0) is 25.1. The lowest BCUT2D eigenvalue weighted by molar-refractivity contribution is 0.268. The Kier molecular flexibility index (Phi) is 6.88. The van der Waals surface area contributed by atoms with Crippen LogP contribution in [0.5, 0.6) is 11.5 Å². The Morgan fingerprint density at radius 1 is 0.944 bits per heavy atom. The molecule has 1 amide bonds. The van der Waals surface area contributed by atoms with Gasteiger partial charge in [0.15, 0.2) is 0 Å². The number of hydrogen-bond donors (Lipinski definition) is 0. The van der Waals surface area contributed by atoms with Crippen LogP contribution in [0.15, 0.2) is 90.0 Å². The molecule has 180 valence electrons. The number of methoxy groups -OCH3 is 1. The molecule has 0 atom stereocenters. The molecule has 1 aliphatic rings. The summed E-state index contributed by atoms with van der Waals surface area (Å²) in [6.45, 7) is 2.51. The summed E-state index contributed by atoms with van der Waals surface area (Å²) >= 11 is 6.86. The summed E-state index contributed by atoms with van der Waals surface area (Å²) in [5, 5.41) is 4.72. The zero-order valence-corrected chi connectivity index (χ0v) is 21.4. The number of hydrogen-bond acceptors (Lipinski definition) is 6. The largest absolute Gasteiger partial charge is 0.497 e. The van der Waals surface area contributed by atoms with Crippen molar-refractivity contribution in [1.29, 1.82) is 0 Å². The first-order valence-corrected chi connectivity index (χ1v) is 12.6. The van der Waals surface area contributed by atoms with Crippen LogP contribution < -0.4 is 14.4 Å². The lowest BCUT2D eigenvalue weighted by atomic mass is 10.1. The molecule has 1 aliphatic heterocycles. The van der Waals surface area contributed by atoms with E-state index < -0.39 is 0 Å². The minimum Gasteiger partial charge on any atom is -0.497 e. The van der Waals surface area contributed by atoms with E-state index in [1.807, 2.05) is 103 Å². The molecule has 0 bridgehead atoms. The molecule has 0 N–H and O–H groups in total. The van der Waals surface area contributed by atoms with Gasteiger partial charge in [-0.2, -0.15) is 5.10 Å². The molecule has 5 rings (SSSR count). The minimum absolute atomic E-state index is 0.142. The van der Waals surface area contributed by atoms with E-state index in [0.717, 1.165) is 45.8 Å². The quantitative estimate of drug-likeness (QED) is 0.196. The summed E-state index contributed by atoms with van der Waals surface area (Å²) in [4.78, 5) is 15.7. The molecular weight excluding hydrogens is 490 g/mol. The van der Waals surface area contributed by atoms with E-state index >= 15 is 0 Å². The summed E-state index contributed by atoms with van der Waals surface area (Å²) < 4.78 is 12.7. The van der Waals surface area contributed by atoms with Gasteiger partial charge in [-0.3, -0.25) is 9.69 Å². The Hall–Kier alpha value is -3.88. The molecule has 4 aromatic rings. The van der Waals surface area contributed by atoms with Gasteiger partial charge in [-0.05, 0) is 85.4 Å². The second-order valence-corrected chi connectivity index (χ2v) is 9.27. The minimum atomic E-state index is -0.142. The SMILES string of the molecule is CCOc1ccc(N2C(=O)SC(=Cc3cn(-c4ccccc4)nc3-c3ccc(OC)cc3)C2=S)cc1. The highest BCUT2D eigenvalue weighted by Gasteiger charge is 2.33. The van der Waals surface area contributed by atoms with Crippen molar-refractivity contribution in [1.82, 2.24) is 9.78 Å². The van der Waals surface area contributed by atoms with Crippen LogP contribution in [0, 0.1) is 0 Å². The molecule has 8 heteroatoms. The number of amides is 1. The first-order valence-electron chi connectivity index (χ1n) is 11.4. The van der Waals surface area contributed by atoms with Gasteiger partial charge in [0, 0.05) is 17.3 Å². The Bertz CT molecular complexity index is 1430. The number of thiocarbonyl (C=S) groups is 1. The van der Waals surface area contributed by atoms with Crippen molar-refractivity contribution in [3.8, 4) is 28.4 Å². The summed E-state index contributed by atoms with van der Waals surface area (Å²) in [7, 11) is 1.64. The fourth-order valence-corrected chi connectivity index (χ4v) is 5.14. The van der Waals surface area contributed by atoms with Crippen LogP contribution in [0.3, 0.4) is 0 Å². The smallest absolute Gasteiger partial charge is 0.296 e. The van der Waals surface area contributed by atoms with Crippen LogP contribution in [0.2, 0.25) is 0 Å². The average Bonchev–Trinajstić information content (AvgIpc) is 3.45. The molecule has 6 nitrogen and oxygen atoms in total. The second kappa shape index (κ2) is 10.4. The Morgan fingerprint density at radius 3 is 2.31 bits per heavy atom. The molecule has 1 aromatic heterocycles. The van der Waals surface area contributed by atoms with Gasteiger partial charge in [0.1, 0.15) is 16.5 Å². The van der Waals surface area contributed by atoms with Crippen LogP contribution in [0.25, 0.3) is 23.0 Å². The van der Waals surface area contributed by atoms with E-state index in [-0.39, 0.29) is 5.24 Å². The standard InChI is InChI=1S/C28H23N3O3S2/c1-3-34-24-15-11-22(12-16-24)31-27(35)25(36-28(31)32)17-20-18-30(21-7-5-4-6-8-21)29-26(20)19-9-13-23(33-2)14-10-19/h4-18H,3H2,1-2H3. The van der Waals surface area contributed by atoms with Gasteiger partial charge in [0.25, 0.3) is 5.24 Å². The number of thioether (sulfide) groups is 1. The predicted molar refractivity (Wildman–Crippen MR) is 149 cm³/mol. The third-order valence-corrected chi connectivity index (χ3v) is 7.03. The molecule has 0 radical (unpaired) electrons. The normalized spacial score (nSPS) is 14.5. The summed E-state index contributed by atoms with van der Waals surface area (Å²) in [6.07, 6.45) is 3.89. The fourth-order valence-electron chi connectivity index (χ4n) is 3.87. The number of aromatic nitrogens is 2. The van der Waals surface area contributed by atoms with E-state index in [4.69, 9.17) is 26.8 Å². The Labute approximate surface area is 219 Å². The molecule has 0 aliphatic carbocycles. The van der Waals surface area contributed by atoms with Crippen LogP contribution in [-0.4, -0.2) is 33.7 Å². The lowest BCUT2D eigenvalue weighted by Gasteiger charge is -2.15. The molecule has 3 aromatic carbocycles. The number of anilines is 1. The molecular formula is C28H23N3O3S2. The maximum Gasteiger partial charge on any atom is 0.296 e. The van der Waals surface area contributed by atoms with Gasteiger partial charge < -0.3 is 9.47 Å². The molecule has 0 unspecified atom stereocenters. The van der Waals surface area contributed by atoms with Gasteiger partial charge in [-0.1, -0.05) is 30.4 Å². The van der Waals surface area contributed by atoms with Gasteiger partial charge in [0.2, 0.25) is 0 Å². The van der Waals surface area contributed by atoms with E-state index in [1.165, 1.54) is 0 Å². The number of para-hydroxylation sites is 1. The van der Waals surface area contributed by atoms with Crippen LogP contribution in [-0.2, 0) is 0 Å². The topological polar surface area (TPSA) is 56.6 Å². The second-order valence-electron chi connectivity index (χ2n) is 7.89. The van der Waals surface area contributed by atoms with Crippen LogP contribution in [0.4, 0.5) is 10.5 Å². The molecule has 0 saturated carbocycles. The third kappa shape index (κ3) is 4.78. The van der Waals surface area contributed by atoms with Crippen LogP contribution in [0.1, 0.15) is 12.5 Å². The van der Waals surface area contributed by atoms with E-state index in [2.05, 4.69) is 0 Å². The average molecular weight is 514 g/mol. The maximum atomic E-state index is 12.9. The highest BCUT2D eigenvalue weighted by atomic mass is 32.2. The van der Waals surface area contributed by atoms with Crippen molar-refractivity contribution in [3.63, 3.8) is 0 Å². The number of carbonyl (C=O) groups excluding carboxylic acids is 1. The Balaban J connectivity index is 1.52. The molecule has 36 heavy (non-hydrogen) atoms. The van der Waals surface area contributed by atoms with E-state index in [9.17, 15) is 4.79 Å². The van der Waals surface area contributed by atoms with Crippen molar-refractivity contribution in [2.24, 2.45) is 0 Å². The first-order chi connectivity index (χ1) is 17.6. The number of rotatable bonds is 7. The zero-order valence-electron chi connectivity index (χ0n) is 19.8. The van der Waals surface area contributed by atoms with Gasteiger partial charge >= 0.3 is 0 Å². The van der Waals surface area contributed by atoms with Gasteiger partial charge in [-0.25, -0.2) is 4.68 Å². The lowest BCUT2D eigenvalue weighted by Crippen LogP contribution is -2.26. The maximum absolute atomic E-state index is 12.9. The van der Waals surface area contributed by atoms with Crippen molar-refractivity contribution in [3.05, 3.63) is 95.5 Å².